The fraction of sp³-hybridized carbons (Fsp3) is 0.222. The second kappa shape index (κ2) is 3.91. The number of benzene rings is 1. The molecule has 5 N–H and O–H groups in total. The Kier molecular flexibility index (Phi) is 2.87. The van der Waals surface area contributed by atoms with Gasteiger partial charge in [-0.05, 0) is 24.1 Å². The van der Waals surface area contributed by atoms with Crippen LogP contribution in [0.1, 0.15) is 5.56 Å². The van der Waals surface area contributed by atoms with Gasteiger partial charge in [-0.15, -0.1) is 0 Å². The second-order valence-electron chi connectivity index (χ2n) is 2.89. The van der Waals surface area contributed by atoms with Crippen LogP contribution in [0.25, 0.3) is 0 Å². The van der Waals surface area contributed by atoms with Crippen LogP contribution in [0.5, 0.6) is 0 Å². The van der Waals surface area contributed by atoms with E-state index >= 15 is 0 Å². The van der Waals surface area contributed by atoms with Gasteiger partial charge in [-0.3, -0.25) is 4.79 Å². The fourth-order valence-corrected chi connectivity index (χ4v) is 1.06. The third-order valence-electron chi connectivity index (χ3n) is 1.72. The van der Waals surface area contributed by atoms with Crippen molar-refractivity contribution in [3.05, 3.63) is 29.8 Å². The van der Waals surface area contributed by atoms with Crippen LogP contribution in [0, 0.1) is 0 Å². The summed E-state index contributed by atoms with van der Waals surface area (Å²) in [6.07, 6.45) is 0.306. The lowest BCUT2D eigenvalue weighted by atomic mass is 10.1. The molecule has 70 valence electrons. The zero-order valence-electron chi connectivity index (χ0n) is 7.10. The van der Waals surface area contributed by atoms with Crippen molar-refractivity contribution in [3.63, 3.8) is 0 Å². The fourth-order valence-electron chi connectivity index (χ4n) is 1.06. The van der Waals surface area contributed by atoms with E-state index in [4.69, 9.17) is 16.6 Å². The molecule has 0 amide bonds. The van der Waals surface area contributed by atoms with E-state index in [1.54, 1.807) is 24.3 Å². The van der Waals surface area contributed by atoms with E-state index in [1.807, 2.05) is 0 Å². The SMILES string of the molecule is Nc1cccc(CC(N)C(=O)O)c1. The van der Waals surface area contributed by atoms with Gasteiger partial charge >= 0.3 is 5.97 Å². The van der Waals surface area contributed by atoms with Crippen LogP contribution in [0.3, 0.4) is 0 Å². The summed E-state index contributed by atoms with van der Waals surface area (Å²) < 4.78 is 0. The van der Waals surface area contributed by atoms with Gasteiger partial charge in [0.2, 0.25) is 0 Å². The number of hydrogen-bond acceptors (Lipinski definition) is 3. The molecule has 0 aromatic heterocycles. The Morgan fingerprint density at radius 2 is 2.23 bits per heavy atom. The standard InChI is InChI=1S/C9H12N2O2/c10-7-3-1-2-6(4-7)5-8(11)9(12)13/h1-4,8H,5,10-11H2,(H,12,13). The Morgan fingerprint density at radius 1 is 1.54 bits per heavy atom. The normalized spacial score (nSPS) is 12.4. The molecule has 4 heteroatoms. The summed E-state index contributed by atoms with van der Waals surface area (Å²) in [7, 11) is 0. The molecule has 0 saturated heterocycles. The lowest BCUT2D eigenvalue weighted by Crippen LogP contribution is -2.32. The van der Waals surface area contributed by atoms with E-state index in [2.05, 4.69) is 0 Å². The third-order valence-corrected chi connectivity index (χ3v) is 1.72. The van der Waals surface area contributed by atoms with Gasteiger partial charge in [-0.25, -0.2) is 0 Å². The molecule has 0 radical (unpaired) electrons. The Labute approximate surface area is 76.2 Å². The predicted octanol–water partition coefficient (Wildman–Crippen LogP) is 0.223. The molecule has 0 aliphatic rings. The summed E-state index contributed by atoms with van der Waals surface area (Å²) in [5.74, 6) is -0.998. The Bertz CT molecular complexity index is 312. The van der Waals surface area contributed by atoms with Crippen molar-refractivity contribution in [1.82, 2.24) is 0 Å². The van der Waals surface area contributed by atoms with E-state index in [0.29, 0.717) is 12.1 Å². The number of carboxylic acids is 1. The van der Waals surface area contributed by atoms with Gasteiger partial charge in [-0.2, -0.15) is 0 Å². The predicted molar refractivity (Wildman–Crippen MR) is 50.2 cm³/mol. The van der Waals surface area contributed by atoms with Crippen molar-refractivity contribution in [1.29, 1.82) is 0 Å². The maximum Gasteiger partial charge on any atom is 0.320 e. The minimum Gasteiger partial charge on any atom is -0.480 e. The molecule has 1 atom stereocenters. The molecule has 13 heavy (non-hydrogen) atoms. The molecule has 4 nitrogen and oxygen atoms in total. The van der Waals surface area contributed by atoms with Gasteiger partial charge in [0, 0.05) is 5.69 Å². The number of nitrogen functional groups attached to an aromatic ring is 1. The minimum absolute atomic E-state index is 0.306. The number of hydrogen-bond donors (Lipinski definition) is 3. The molecular weight excluding hydrogens is 168 g/mol. The first-order valence-corrected chi connectivity index (χ1v) is 3.92. The van der Waals surface area contributed by atoms with E-state index in [1.165, 1.54) is 0 Å². The van der Waals surface area contributed by atoms with Crippen LogP contribution in [-0.2, 0) is 11.2 Å². The molecule has 0 spiro atoms. The summed E-state index contributed by atoms with van der Waals surface area (Å²) in [5, 5.41) is 8.56. The topological polar surface area (TPSA) is 89.3 Å². The number of anilines is 1. The van der Waals surface area contributed by atoms with Crippen molar-refractivity contribution in [3.8, 4) is 0 Å². The van der Waals surface area contributed by atoms with Crippen LogP contribution in [-0.4, -0.2) is 17.1 Å². The zero-order chi connectivity index (χ0) is 9.84. The van der Waals surface area contributed by atoms with Gasteiger partial charge < -0.3 is 16.6 Å². The summed E-state index contributed by atoms with van der Waals surface area (Å²) >= 11 is 0. The second-order valence-corrected chi connectivity index (χ2v) is 2.89. The summed E-state index contributed by atoms with van der Waals surface area (Å²) in [5.41, 5.74) is 12.3. The molecule has 0 fully saturated rings. The number of carboxylic acid groups (broad SMARTS) is 1. The summed E-state index contributed by atoms with van der Waals surface area (Å²) in [6, 6.07) is 6.19. The van der Waals surface area contributed by atoms with Crippen molar-refractivity contribution in [2.45, 2.75) is 12.5 Å². The minimum atomic E-state index is -0.998. The van der Waals surface area contributed by atoms with Gasteiger partial charge in [0.25, 0.3) is 0 Å². The average molecular weight is 180 g/mol. The van der Waals surface area contributed by atoms with E-state index < -0.39 is 12.0 Å². The number of rotatable bonds is 3. The van der Waals surface area contributed by atoms with E-state index in [0.717, 1.165) is 5.56 Å². The summed E-state index contributed by atoms with van der Waals surface area (Å²) in [6.45, 7) is 0. The number of aliphatic carboxylic acids is 1. The van der Waals surface area contributed by atoms with Crippen LogP contribution in [0.4, 0.5) is 5.69 Å². The first-order chi connectivity index (χ1) is 6.09. The highest BCUT2D eigenvalue weighted by atomic mass is 16.4. The quantitative estimate of drug-likeness (QED) is 0.580. The molecule has 0 aliphatic heterocycles. The molecule has 1 rings (SSSR count). The maximum absolute atomic E-state index is 10.4. The smallest absolute Gasteiger partial charge is 0.320 e. The molecular formula is C9H12N2O2. The highest BCUT2D eigenvalue weighted by Gasteiger charge is 2.11. The highest BCUT2D eigenvalue weighted by Crippen LogP contribution is 2.08. The van der Waals surface area contributed by atoms with Gasteiger partial charge in [-0.1, -0.05) is 12.1 Å². The van der Waals surface area contributed by atoms with Gasteiger partial charge in [0.05, 0.1) is 0 Å². The Hall–Kier alpha value is -1.55. The van der Waals surface area contributed by atoms with Crippen LogP contribution < -0.4 is 11.5 Å². The van der Waals surface area contributed by atoms with Crippen molar-refractivity contribution in [2.24, 2.45) is 5.73 Å². The molecule has 0 bridgehead atoms. The van der Waals surface area contributed by atoms with Crippen molar-refractivity contribution < 1.29 is 9.90 Å². The first kappa shape index (κ1) is 9.54. The molecule has 0 saturated carbocycles. The van der Waals surface area contributed by atoms with E-state index in [-0.39, 0.29) is 0 Å². The number of nitrogens with two attached hydrogens (primary N) is 2. The third kappa shape index (κ3) is 2.76. The van der Waals surface area contributed by atoms with Gasteiger partial charge in [0.1, 0.15) is 6.04 Å². The average Bonchev–Trinajstić information content (AvgIpc) is 2.04. The van der Waals surface area contributed by atoms with Crippen LogP contribution in [0.15, 0.2) is 24.3 Å². The largest absolute Gasteiger partial charge is 0.480 e. The Balaban J connectivity index is 2.69. The van der Waals surface area contributed by atoms with Crippen molar-refractivity contribution >= 4 is 11.7 Å². The lowest BCUT2D eigenvalue weighted by molar-refractivity contribution is -0.138. The molecule has 1 aromatic rings. The molecule has 0 heterocycles. The Morgan fingerprint density at radius 3 is 2.77 bits per heavy atom. The highest BCUT2D eigenvalue weighted by molar-refractivity contribution is 5.73. The first-order valence-electron chi connectivity index (χ1n) is 3.92. The molecule has 0 aliphatic carbocycles. The van der Waals surface area contributed by atoms with Crippen LogP contribution >= 0.6 is 0 Å². The van der Waals surface area contributed by atoms with E-state index in [9.17, 15) is 4.79 Å². The van der Waals surface area contributed by atoms with Crippen molar-refractivity contribution in [2.75, 3.05) is 5.73 Å². The maximum atomic E-state index is 10.4. The summed E-state index contributed by atoms with van der Waals surface area (Å²) in [4.78, 5) is 10.4. The van der Waals surface area contributed by atoms with Gasteiger partial charge in [0.15, 0.2) is 0 Å². The molecule has 1 unspecified atom stereocenters. The zero-order valence-corrected chi connectivity index (χ0v) is 7.10. The molecule has 1 aromatic carbocycles. The lowest BCUT2D eigenvalue weighted by Gasteiger charge is -2.06. The van der Waals surface area contributed by atoms with Crippen LogP contribution in [0.2, 0.25) is 0 Å². The monoisotopic (exact) mass is 180 g/mol. The number of carbonyl (C=O) groups is 1.